The van der Waals surface area contributed by atoms with Gasteiger partial charge in [0.05, 0.1) is 23.6 Å². The van der Waals surface area contributed by atoms with Crippen molar-refractivity contribution in [1.82, 2.24) is 0 Å². The Balaban J connectivity index is 1.69. The zero-order valence-corrected chi connectivity index (χ0v) is 11.3. The van der Waals surface area contributed by atoms with Crippen molar-refractivity contribution in [1.29, 1.82) is 0 Å². The highest BCUT2D eigenvalue weighted by Crippen LogP contribution is 2.33. The van der Waals surface area contributed by atoms with Gasteiger partial charge in [0, 0.05) is 23.1 Å². The molecule has 1 N–H and O–H groups in total. The number of para-hydroxylation sites is 1. The molecule has 4 heteroatoms. The number of nitrogens with zero attached hydrogens (tertiary/aromatic N) is 3. The molecule has 2 aromatic rings. The largest absolute Gasteiger partial charge is 0.507 e. The van der Waals surface area contributed by atoms with Crippen molar-refractivity contribution in [2.24, 2.45) is 15.2 Å². The summed E-state index contributed by atoms with van der Waals surface area (Å²) in [6, 6.07) is 13.4. The molecule has 102 valence electrons. The highest BCUT2D eigenvalue weighted by atomic mass is 16.3. The minimum Gasteiger partial charge on any atom is -0.507 e. The minimum absolute atomic E-state index is 0.272. The fourth-order valence-electron chi connectivity index (χ4n) is 2.64. The Labute approximate surface area is 122 Å². The van der Waals surface area contributed by atoms with E-state index in [-0.39, 0.29) is 5.75 Å². The molecular weight excluding hydrogens is 262 g/mol. The second kappa shape index (κ2) is 4.66. The topological polar surface area (TPSA) is 57.3 Å². The number of aromatic hydroxyl groups is 1. The van der Waals surface area contributed by atoms with Crippen molar-refractivity contribution in [2.75, 3.05) is 0 Å². The highest BCUT2D eigenvalue weighted by molar-refractivity contribution is 6.09. The van der Waals surface area contributed by atoms with Gasteiger partial charge >= 0.3 is 0 Å². The van der Waals surface area contributed by atoms with Crippen molar-refractivity contribution < 1.29 is 5.11 Å². The predicted octanol–water partition coefficient (Wildman–Crippen LogP) is 4.22. The van der Waals surface area contributed by atoms with E-state index in [1.54, 1.807) is 6.07 Å². The van der Waals surface area contributed by atoms with Crippen LogP contribution in [0.4, 0.5) is 5.69 Å². The Morgan fingerprint density at radius 2 is 1.95 bits per heavy atom. The number of aliphatic imine (C=N–C) groups is 1. The Bertz CT molecular complexity index is 819. The second-order valence-corrected chi connectivity index (χ2v) is 5.11. The SMILES string of the molecule is Oc1ccccc1C1=NC(c2ccc3c(c2)N=NC3)=CC1. The van der Waals surface area contributed by atoms with E-state index in [0.29, 0.717) is 6.54 Å². The number of azo groups is 1. The van der Waals surface area contributed by atoms with Crippen LogP contribution in [0.25, 0.3) is 5.70 Å². The van der Waals surface area contributed by atoms with Gasteiger partial charge in [0.1, 0.15) is 5.75 Å². The molecule has 0 aliphatic carbocycles. The molecule has 4 rings (SSSR count). The van der Waals surface area contributed by atoms with Crippen molar-refractivity contribution >= 4 is 17.1 Å². The highest BCUT2D eigenvalue weighted by Gasteiger charge is 2.16. The zero-order chi connectivity index (χ0) is 14.2. The van der Waals surface area contributed by atoms with Gasteiger partial charge in [-0.15, -0.1) is 0 Å². The van der Waals surface area contributed by atoms with E-state index < -0.39 is 0 Å². The summed E-state index contributed by atoms with van der Waals surface area (Å²) in [5.41, 5.74) is 5.75. The van der Waals surface area contributed by atoms with Gasteiger partial charge in [0.25, 0.3) is 0 Å². The fourth-order valence-corrected chi connectivity index (χ4v) is 2.64. The molecule has 2 aliphatic rings. The summed E-state index contributed by atoms with van der Waals surface area (Å²) in [5.74, 6) is 0.272. The molecule has 0 atom stereocenters. The Morgan fingerprint density at radius 1 is 1.05 bits per heavy atom. The standard InChI is InChI=1S/C17H13N3O/c21-17-4-2-1-3-13(17)15-8-7-14(19-15)11-5-6-12-10-18-20-16(12)9-11/h1-7,9,21H,8,10H2. The molecule has 2 heterocycles. The minimum atomic E-state index is 0.272. The number of phenols is 1. The Kier molecular flexibility index (Phi) is 2.67. The Morgan fingerprint density at radius 3 is 2.86 bits per heavy atom. The summed E-state index contributed by atoms with van der Waals surface area (Å²) in [5, 5.41) is 18.1. The molecule has 0 unspecified atom stereocenters. The van der Waals surface area contributed by atoms with Crippen LogP contribution < -0.4 is 0 Å². The van der Waals surface area contributed by atoms with Gasteiger partial charge in [-0.05, 0) is 18.2 Å². The molecule has 4 nitrogen and oxygen atoms in total. The Hall–Kier alpha value is -2.75. The first-order chi connectivity index (χ1) is 10.3. The predicted molar refractivity (Wildman–Crippen MR) is 81.9 cm³/mol. The first-order valence-electron chi connectivity index (χ1n) is 6.88. The van der Waals surface area contributed by atoms with Crippen LogP contribution >= 0.6 is 0 Å². The quantitative estimate of drug-likeness (QED) is 0.876. The van der Waals surface area contributed by atoms with E-state index >= 15 is 0 Å². The van der Waals surface area contributed by atoms with Crippen LogP contribution in [0, 0.1) is 0 Å². The summed E-state index contributed by atoms with van der Waals surface area (Å²) in [4.78, 5) is 4.66. The molecule has 0 radical (unpaired) electrons. The first kappa shape index (κ1) is 12.0. The van der Waals surface area contributed by atoms with Crippen LogP contribution in [0.15, 0.2) is 63.8 Å². The normalized spacial score (nSPS) is 15.8. The van der Waals surface area contributed by atoms with E-state index in [9.17, 15) is 5.11 Å². The van der Waals surface area contributed by atoms with E-state index in [2.05, 4.69) is 33.4 Å². The second-order valence-electron chi connectivity index (χ2n) is 5.11. The van der Waals surface area contributed by atoms with E-state index in [0.717, 1.165) is 40.2 Å². The van der Waals surface area contributed by atoms with Crippen molar-refractivity contribution in [3.05, 3.63) is 65.2 Å². The van der Waals surface area contributed by atoms with Crippen molar-refractivity contribution in [2.45, 2.75) is 13.0 Å². The lowest BCUT2D eigenvalue weighted by atomic mass is 10.1. The van der Waals surface area contributed by atoms with Gasteiger partial charge in [-0.1, -0.05) is 30.3 Å². The van der Waals surface area contributed by atoms with E-state index in [4.69, 9.17) is 0 Å². The number of allylic oxidation sites excluding steroid dienone is 1. The molecule has 0 amide bonds. The summed E-state index contributed by atoms with van der Waals surface area (Å²) >= 11 is 0. The third-order valence-corrected chi connectivity index (χ3v) is 3.76. The first-order valence-corrected chi connectivity index (χ1v) is 6.88. The molecule has 21 heavy (non-hydrogen) atoms. The van der Waals surface area contributed by atoms with E-state index in [1.165, 1.54) is 0 Å². The maximum atomic E-state index is 9.92. The van der Waals surface area contributed by atoms with Gasteiger partial charge in [0.2, 0.25) is 0 Å². The lowest BCUT2D eigenvalue weighted by Gasteiger charge is -2.04. The molecule has 0 saturated carbocycles. The summed E-state index contributed by atoms with van der Waals surface area (Å²) in [6.07, 6.45) is 2.81. The molecule has 0 spiro atoms. The van der Waals surface area contributed by atoms with Crippen LogP contribution in [-0.4, -0.2) is 10.8 Å². The van der Waals surface area contributed by atoms with Crippen LogP contribution in [0.2, 0.25) is 0 Å². The zero-order valence-electron chi connectivity index (χ0n) is 11.3. The maximum Gasteiger partial charge on any atom is 0.124 e. The van der Waals surface area contributed by atoms with Gasteiger partial charge < -0.3 is 5.11 Å². The van der Waals surface area contributed by atoms with Crippen molar-refractivity contribution in [3.63, 3.8) is 0 Å². The van der Waals surface area contributed by atoms with E-state index in [1.807, 2.05) is 24.3 Å². The summed E-state index contributed by atoms with van der Waals surface area (Å²) < 4.78 is 0. The van der Waals surface area contributed by atoms with Gasteiger partial charge in [-0.25, -0.2) is 0 Å². The molecule has 0 saturated heterocycles. The molecule has 0 bridgehead atoms. The third kappa shape index (κ3) is 2.05. The number of fused-ring (bicyclic) bond motifs is 1. The number of phenolic OH excluding ortho intramolecular Hbond substituents is 1. The summed E-state index contributed by atoms with van der Waals surface area (Å²) in [7, 11) is 0. The molecular formula is C17H13N3O. The number of hydrogen-bond donors (Lipinski definition) is 1. The maximum absolute atomic E-state index is 9.92. The van der Waals surface area contributed by atoms with Gasteiger partial charge in [-0.3, -0.25) is 4.99 Å². The molecule has 0 aromatic heterocycles. The lowest BCUT2D eigenvalue weighted by Crippen LogP contribution is -1.96. The monoisotopic (exact) mass is 275 g/mol. The van der Waals surface area contributed by atoms with Gasteiger partial charge in [-0.2, -0.15) is 10.2 Å². The van der Waals surface area contributed by atoms with Crippen LogP contribution in [0.5, 0.6) is 5.75 Å². The average molecular weight is 275 g/mol. The average Bonchev–Trinajstić information content (AvgIpc) is 3.16. The third-order valence-electron chi connectivity index (χ3n) is 3.76. The number of benzene rings is 2. The van der Waals surface area contributed by atoms with Crippen LogP contribution in [0.1, 0.15) is 23.1 Å². The summed E-state index contributed by atoms with van der Waals surface area (Å²) in [6.45, 7) is 0.668. The lowest BCUT2D eigenvalue weighted by molar-refractivity contribution is 0.474. The number of hydrogen-bond acceptors (Lipinski definition) is 4. The molecule has 2 aromatic carbocycles. The fraction of sp³-hybridized carbons (Fsp3) is 0.118. The molecule has 2 aliphatic heterocycles. The van der Waals surface area contributed by atoms with Gasteiger partial charge in [0.15, 0.2) is 0 Å². The smallest absolute Gasteiger partial charge is 0.124 e. The van der Waals surface area contributed by atoms with Crippen LogP contribution in [0.3, 0.4) is 0 Å². The van der Waals surface area contributed by atoms with Crippen molar-refractivity contribution in [3.8, 4) is 5.75 Å². The number of rotatable bonds is 2. The molecule has 0 fully saturated rings. The van der Waals surface area contributed by atoms with Crippen LogP contribution in [-0.2, 0) is 6.54 Å².